The summed E-state index contributed by atoms with van der Waals surface area (Å²) in [6, 6.07) is 19.9. The lowest BCUT2D eigenvalue weighted by Crippen LogP contribution is -1.90. The van der Waals surface area contributed by atoms with E-state index in [-0.39, 0.29) is 6.61 Å². The molecule has 0 radical (unpaired) electrons. The molecule has 0 unspecified atom stereocenters. The number of fused-ring (bicyclic) bond motifs is 3. The minimum atomic E-state index is 0.285. The van der Waals surface area contributed by atoms with E-state index in [9.17, 15) is 0 Å². The van der Waals surface area contributed by atoms with Crippen LogP contribution in [0.3, 0.4) is 0 Å². The Kier molecular flexibility index (Phi) is 3.01. The molecule has 21 heavy (non-hydrogen) atoms. The van der Waals surface area contributed by atoms with Crippen molar-refractivity contribution in [2.24, 2.45) is 0 Å². The van der Waals surface area contributed by atoms with Crippen LogP contribution in [0.1, 0.15) is 18.4 Å². The lowest BCUT2D eigenvalue weighted by molar-refractivity contribution is 0.284. The topological polar surface area (TPSA) is 20.2 Å². The molecule has 0 spiro atoms. The predicted molar refractivity (Wildman–Crippen MR) is 88.4 cm³/mol. The summed E-state index contributed by atoms with van der Waals surface area (Å²) in [5.74, 6) is 0. The Labute approximate surface area is 124 Å². The van der Waals surface area contributed by atoms with E-state index in [0.717, 1.165) is 19.3 Å². The number of aryl methyl sites for hydroxylation is 1. The minimum absolute atomic E-state index is 0.285. The third kappa shape index (κ3) is 1.97. The van der Waals surface area contributed by atoms with Gasteiger partial charge in [-0.25, -0.2) is 0 Å². The van der Waals surface area contributed by atoms with Crippen LogP contribution in [0.4, 0.5) is 0 Å². The van der Waals surface area contributed by atoms with Crippen molar-refractivity contribution < 1.29 is 5.11 Å². The van der Waals surface area contributed by atoms with Crippen LogP contribution >= 0.6 is 0 Å². The van der Waals surface area contributed by atoms with Gasteiger partial charge in [-0.05, 0) is 57.9 Å². The number of hydrogen-bond acceptors (Lipinski definition) is 1. The first kappa shape index (κ1) is 12.6. The first-order chi connectivity index (χ1) is 10.4. The Morgan fingerprint density at radius 1 is 0.714 bits per heavy atom. The van der Waals surface area contributed by atoms with Crippen molar-refractivity contribution in [2.45, 2.75) is 19.3 Å². The number of benzene rings is 3. The first-order valence-corrected chi connectivity index (χ1v) is 7.65. The van der Waals surface area contributed by atoms with Crippen molar-refractivity contribution >= 4 is 10.8 Å². The van der Waals surface area contributed by atoms with Crippen molar-refractivity contribution in [1.29, 1.82) is 0 Å². The van der Waals surface area contributed by atoms with Crippen molar-refractivity contribution in [2.75, 3.05) is 6.61 Å². The molecule has 1 aliphatic carbocycles. The van der Waals surface area contributed by atoms with E-state index in [0.29, 0.717) is 0 Å². The zero-order valence-corrected chi connectivity index (χ0v) is 12.0. The van der Waals surface area contributed by atoms with Gasteiger partial charge in [-0.3, -0.25) is 0 Å². The fourth-order valence-electron chi connectivity index (χ4n) is 3.46. The Hall–Kier alpha value is -2.12. The molecule has 1 nitrogen and oxygen atoms in total. The Morgan fingerprint density at radius 3 is 2.29 bits per heavy atom. The summed E-state index contributed by atoms with van der Waals surface area (Å²) >= 11 is 0. The molecule has 0 aliphatic heterocycles. The summed E-state index contributed by atoms with van der Waals surface area (Å²) in [7, 11) is 0. The number of rotatable bonds is 4. The molecule has 4 rings (SSSR count). The summed E-state index contributed by atoms with van der Waals surface area (Å²) < 4.78 is 0. The van der Waals surface area contributed by atoms with Crippen LogP contribution in [0, 0.1) is 0 Å². The average Bonchev–Trinajstić information content (AvgIpc) is 2.84. The fraction of sp³-hybridized carbons (Fsp3) is 0.200. The zero-order valence-electron chi connectivity index (χ0n) is 12.0. The lowest BCUT2D eigenvalue weighted by atomic mass is 9.97. The van der Waals surface area contributed by atoms with Gasteiger partial charge >= 0.3 is 0 Å². The highest BCUT2D eigenvalue weighted by Gasteiger charge is 2.20. The second-order valence-corrected chi connectivity index (χ2v) is 5.77. The minimum Gasteiger partial charge on any atom is -0.396 e. The van der Waals surface area contributed by atoms with Gasteiger partial charge in [-0.2, -0.15) is 0 Å². The maximum absolute atomic E-state index is 8.96. The molecular formula is C20H18O. The molecule has 0 heterocycles. The molecule has 0 saturated heterocycles. The summed E-state index contributed by atoms with van der Waals surface area (Å²) in [5.41, 5.74) is 6.82. The van der Waals surface area contributed by atoms with Gasteiger partial charge in [-0.1, -0.05) is 54.6 Å². The molecule has 3 aromatic rings. The van der Waals surface area contributed by atoms with Crippen molar-refractivity contribution in [3.63, 3.8) is 0 Å². The van der Waals surface area contributed by atoms with E-state index in [1.54, 1.807) is 0 Å². The van der Waals surface area contributed by atoms with E-state index in [4.69, 9.17) is 5.11 Å². The van der Waals surface area contributed by atoms with Gasteiger partial charge in [0.15, 0.2) is 0 Å². The Balaban J connectivity index is 1.90. The normalized spacial score (nSPS) is 11.9. The first-order valence-electron chi connectivity index (χ1n) is 7.65. The molecule has 1 aliphatic rings. The molecule has 104 valence electrons. The molecular weight excluding hydrogens is 256 g/mol. The molecule has 0 atom stereocenters. The van der Waals surface area contributed by atoms with E-state index >= 15 is 0 Å². The van der Waals surface area contributed by atoms with Crippen molar-refractivity contribution in [1.82, 2.24) is 0 Å². The monoisotopic (exact) mass is 274 g/mol. The van der Waals surface area contributed by atoms with E-state index in [2.05, 4.69) is 54.6 Å². The van der Waals surface area contributed by atoms with Crippen LogP contribution in [0.15, 0.2) is 54.6 Å². The average molecular weight is 274 g/mol. The molecule has 3 aromatic carbocycles. The van der Waals surface area contributed by atoms with Gasteiger partial charge < -0.3 is 5.11 Å². The molecule has 0 aromatic heterocycles. The van der Waals surface area contributed by atoms with Gasteiger partial charge in [-0.15, -0.1) is 0 Å². The number of aliphatic hydroxyl groups excluding tert-OH is 1. The highest BCUT2D eigenvalue weighted by atomic mass is 16.2. The summed E-state index contributed by atoms with van der Waals surface area (Å²) in [6.45, 7) is 0.285. The quantitative estimate of drug-likeness (QED) is 0.530. The Morgan fingerprint density at radius 2 is 1.48 bits per heavy atom. The van der Waals surface area contributed by atoms with Crippen LogP contribution in [-0.2, 0) is 6.42 Å². The SMILES string of the molecule is OCCCCc1cc2c3c(cccc3c1)-c1ccccc1-2. The van der Waals surface area contributed by atoms with Crippen LogP contribution in [0.5, 0.6) is 0 Å². The number of unbranched alkanes of at least 4 members (excludes halogenated alkanes) is 1. The van der Waals surface area contributed by atoms with Crippen molar-refractivity contribution in [3.8, 4) is 22.3 Å². The van der Waals surface area contributed by atoms with Crippen molar-refractivity contribution in [3.05, 3.63) is 60.2 Å². The van der Waals surface area contributed by atoms with E-state index in [1.807, 2.05) is 0 Å². The molecule has 1 heteroatoms. The molecule has 0 bridgehead atoms. The van der Waals surface area contributed by atoms with E-state index < -0.39 is 0 Å². The highest BCUT2D eigenvalue weighted by Crippen LogP contribution is 2.47. The molecule has 0 fully saturated rings. The van der Waals surface area contributed by atoms with Crippen LogP contribution < -0.4 is 0 Å². The standard InChI is InChI=1S/C20H18O/c21-11-4-3-6-14-12-15-7-5-10-18-16-8-1-2-9-17(16)19(13-14)20(15)18/h1-2,5,7-10,12-13,21H,3-4,6,11H2. The predicted octanol–water partition coefficient (Wildman–Crippen LogP) is 4.80. The maximum Gasteiger partial charge on any atom is 0.0431 e. The highest BCUT2D eigenvalue weighted by molar-refractivity contribution is 6.15. The Bertz CT molecular complexity index is 817. The fourth-order valence-corrected chi connectivity index (χ4v) is 3.46. The van der Waals surface area contributed by atoms with Gasteiger partial charge in [0.05, 0.1) is 0 Å². The number of aliphatic hydroxyl groups is 1. The molecule has 1 N–H and O–H groups in total. The lowest BCUT2D eigenvalue weighted by Gasteiger charge is -2.07. The summed E-state index contributed by atoms with van der Waals surface area (Å²) in [5, 5.41) is 11.7. The van der Waals surface area contributed by atoms with Gasteiger partial charge in [0.25, 0.3) is 0 Å². The smallest absolute Gasteiger partial charge is 0.0431 e. The second kappa shape index (κ2) is 5.01. The molecule has 0 amide bonds. The van der Waals surface area contributed by atoms with Crippen LogP contribution in [0.25, 0.3) is 33.0 Å². The van der Waals surface area contributed by atoms with Gasteiger partial charge in [0.2, 0.25) is 0 Å². The van der Waals surface area contributed by atoms with Crippen LogP contribution in [0.2, 0.25) is 0 Å². The third-order valence-corrected chi connectivity index (χ3v) is 4.42. The summed E-state index contributed by atoms with van der Waals surface area (Å²) in [4.78, 5) is 0. The van der Waals surface area contributed by atoms with Gasteiger partial charge in [0.1, 0.15) is 0 Å². The van der Waals surface area contributed by atoms with Crippen LogP contribution in [-0.4, -0.2) is 11.7 Å². The number of hydrogen-bond donors (Lipinski definition) is 1. The zero-order chi connectivity index (χ0) is 14.2. The molecule has 0 saturated carbocycles. The maximum atomic E-state index is 8.96. The summed E-state index contributed by atoms with van der Waals surface area (Å²) in [6.07, 6.45) is 2.96. The third-order valence-electron chi connectivity index (χ3n) is 4.42. The second-order valence-electron chi connectivity index (χ2n) is 5.77. The van der Waals surface area contributed by atoms with Gasteiger partial charge in [0, 0.05) is 6.61 Å². The van der Waals surface area contributed by atoms with E-state index in [1.165, 1.54) is 38.6 Å². The largest absolute Gasteiger partial charge is 0.396 e.